The van der Waals surface area contributed by atoms with E-state index in [0.717, 1.165) is 12.0 Å². The first kappa shape index (κ1) is 15.4. The first-order valence-corrected chi connectivity index (χ1v) is 8.83. The molecule has 0 aromatic rings. The Hall–Kier alpha value is 0.310. The Kier molecular flexibility index (Phi) is 9.27. The molecule has 0 radical (unpaired) electrons. The molecular weight excluding hydrogens is 226 g/mol. The van der Waals surface area contributed by atoms with Crippen molar-refractivity contribution in [2.45, 2.75) is 71.3 Å². The second-order valence-electron chi connectivity index (χ2n) is 5.43. The number of nitrogens with one attached hydrogen (secondary N) is 1. The summed E-state index contributed by atoms with van der Waals surface area (Å²) in [5.41, 5.74) is 0. The molecule has 1 nitrogen and oxygen atoms in total. The van der Waals surface area contributed by atoms with Crippen LogP contribution in [0.4, 0.5) is 0 Å². The van der Waals surface area contributed by atoms with Crippen molar-refractivity contribution in [1.82, 2.24) is 5.32 Å². The van der Waals surface area contributed by atoms with Crippen molar-refractivity contribution in [2.75, 3.05) is 18.1 Å². The molecule has 0 heterocycles. The largest absolute Gasteiger partial charge is 0.314 e. The number of rotatable bonds is 10. The minimum atomic E-state index is 0.766. The summed E-state index contributed by atoms with van der Waals surface area (Å²) < 4.78 is 0. The second-order valence-corrected chi connectivity index (χ2v) is 6.58. The highest BCUT2D eigenvalue weighted by molar-refractivity contribution is 7.99. The van der Waals surface area contributed by atoms with Gasteiger partial charge in [0.25, 0.3) is 0 Å². The Balaban J connectivity index is 1.90. The zero-order valence-electron chi connectivity index (χ0n) is 11.8. The van der Waals surface area contributed by atoms with E-state index in [4.69, 9.17) is 0 Å². The van der Waals surface area contributed by atoms with E-state index in [1.807, 2.05) is 0 Å². The van der Waals surface area contributed by atoms with Crippen molar-refractivity contribution < 1.29 is 0 Å². The van der Waals surface area contributed by atoms with Gasteiger partial charge in [-0.2, -0.15) is 11.8 Å². The van der Waals surface area contributed by atoms with Crippen LogP contribution in [-0.4, -0.2) is 24.1 Å². The first-order chi connectivity index (χ1) is 8.36. The van der Waals surface area contributed by atoms with Gasteiger partial charge >= 0.3 is 0 Å². The lowest BCUT2D eigenvalue weighted by Crippen LogP contribution is -2.29. The van der Waals surface area contributed by atoms with Gasteiger partial charge in [-0.05, 0) is 62.5 Å². The first-order valence-electron chi connectivity index (χ1n) is 7.68. The second kappa shape index (κ2) is 10.3. The molecule has 1 aliphatic rings. The average molecular weight is 257 g/mol. The summed E-state index contributed by atoms with van der Waals surface area (Å²) in [5, 5.41) is 3.64. The van der Waals surface area contributed by atoms with E-state index < -0.39 is 0 Å². The van der Waals surface area contributed by atoms with E-state index >= 15 is 0 Å². The summed E-state index contributed by atoms with van der Waals surface area (Å²) in [6, 6.07) is 0.766. The number of thioether (sulfide) groups is 1. The van der Waals surface area contributed by atoms with Crippen LogP contribution < -0.4 is 5.32 Å². The summed E-state index contributed by atoms with van der Waals surface area (Å²) in [7, 11) is 0. The van der Waals surface area contributed by atoms with Gasteiger partial charge < -0.3 is 5.32 Å². The SMILES string of the molecule is CCCNC(CC)CCCSCC1CCCC1. The summed E-state index contributed by atoms with van der Waals surface area (Å²) in [6.07, 6.45) is 11.3. The average Bonchev–Trinajstić information content (AvgIpc) is 2.85. The zero-order chi connectivity index (χ0) is 12.3. The number of hydrogen-bond donors (Lipinski definition) is 1. The van der Waals surface area contributed by atoms with E-state index in [9.17, 15) is 0 Å². The fourth-order valence-electron chi connectivity index (χ4n) is 2.66. The maximum atomic E-state index is 3.64. The van der Waals surface area contributed by atoms with Crippen LogP contribution >= 0.6 is 11.8 Å². The molecule has 0 aromatic carbocycles. The van der Waals surface area contributed by atoms with Gasteiger partial charge in [0.15, 0.2) is 0 Å². The van der Waals surface area contributed by atoms with Crippen LogP contribution in [-0.2, 0) is 0 Å². The van der Waals surface area contributed by atoms with Crippen molar-refractivity contribution >= 4 is 11.8 Å². The van der Waals surface area contributed by atoms with E-state index in [2.05, 4.69) is 30.9 Å². The summed E-state index contributed by atoms with van der Waals surface area (Å²) >= 11 is 2.20. The minimum Gasteiger partial charge on any atom is -0.314 e. The van der Waals surface area contributed by atoms with Crippen LogP contribution in [0.1, 0.15) is 65.2 Å². The predicted molar refractivity (Wildman–Crippen MR) is 80.9 cm³/mol. The molecule has 1 fully saturated rings. The molecule has 2 heteroatoms. The van der Waals surface area contributed by atoms with E-state index in [-0.39, 0.29) is 0 Å². The fraction of sp³-hybridized carbons (Fsp3) is 1.00. The van der Waals surface area contributed by atoms with Crippen LogP contribution in [0.15, 0.2) is 0 Å². The van der Waals surface area contributed by atoms with Gasteiger partial charge in [-0.25, -0.2) is 0 Å². The molecule has 1 atom stereocenters. The molecule has 0 bridgehead atoms. The maximum Gasteiger partial charge on any atom is 0.00647 e. The summed E-state index contributed by atoms with van der Waals surface area (Å²) in [6.45, 7) is 5.74. The van der Waals surface area contributed by atoms with Gasteiger partial charge in [0.05, 0.1) is 0 Å². The summed E-state index contributed by atoms with van der Waals surface area (Å²) in [4.78, 5) is 0. The van der Waals surface area contributed by atoms with Gasteiger partial charge in [0.2, 0.25) is 0 Å². The van der Waals surface area contributed by atoms with Crippen LogP contribution in [0.5, 0.6) is 0 Å². The van der Waals surface area contributed by atoms with Crippen LogP contribution in [0.2, 0.25) is 0 Å². The highest BCUT2D eigenvalue weighted by Crippen LogP contribution is 2.28. The van der Waals surface area contributed by atoms with Crippen molar-refractivity contribution in [3.63, 3.8) is 0 Å². The third-order valence-electron chi connectivity index (χ3n) is 3.85. The molecule has 102 valence electrons. The highest BCUT2D eigenvalue weighted by Gasteiger charge is 2.14. The van der Waals surface area contributed by atoms with Gasteiger partial charge in [-0.3, -0.25) is 0 Å². The Bertz CT molecular complexity index is 166. The third-order valence-corrected chi connectivity index (χ3v) is 5.13. The lowest BCUT2D eigenvalue weighted by molar-refractivity contribution is 0.465. The molecule has 17 heavy (non-hydrogen) atoms. The quantitative estimate of drug-likeness (QED) is 0.580. The Morgan fingerprint density at radius 2 is 2.00 bits per heavy atom. The van der Waals surface area contributed by atoms with Crippen molar-refractivity contribution in [2.24, 2.45) is 5.92 Å². The zero-order valence-corrected chi connectivity index (χ0v) is 12.7. The molecule has 1 unspecified atom stereocenters. The van der Waals surface area contributed by atoms with E-state index in [1.165, 1.54) is 69.4 Å². The molecule has 1 aliphatic carbocycles. The standard InChI is InChI=1S/C15H31NS/c1-3-11-16-15(4-2)10-7-12-17-13-14-8-5-6-9-14/h14-16H,3-13H2,1-2H3. The van der Waals surface area contributed by atoms with Gasteiger partial charge in [-0.1, -0.05) is 26.7 Å². The van der Waals surface area contributed by atoms with Gasteiger partial charge in [-0.15, -0.1) is 0 Å². The third kappa shape index (κ3) is 7.35. The molecule has 0 spiro atoms. The molecule has 0 aromatic heterocycles. The number of hydrogen-bond acceptors (Lipinski definition) is 2. The van der Waals surface area contributed by atoms with Gasteiger partial charge in [0.1, 0.15) is 0 Å². The van der Waals surface area contributed by atoms with Crippen LogP contribution in [0, 0.1) is 5.92 Å². The molecule has 0 saturated heterocycles. The normalized spacial score (nSPS) is 18.7. The topological polar surface area (TPSA) is 12.0 Å². The smallest absolute Gasteiger partial charge is 0.00647 e. The monoisotopic (exact) mass is 257 g/mol. The Labute approximate surface area is 113 Å². The Morgan fingerprint density at radius 3 is 2.65 bits per heavy atom. The van der Waals surface area contributed by atoms with E-state index in [0.29, 0.717) is 0 Å². The lowest BCUT2D eigenvalue weighted by Gasteiger charge is -2.16. The van der Waals surface area contributed by atoms with E-state index in [1.54, 1.807) is 0 Å². The highest BCUT2D eigenvalue weighted by atomic mass is 32.2. The van der Waals surface area contributed by atoms with Crippen molar-refractivity contribution in [1.29, 1.82) is 0 Å². The molecule has 1 N–H and O–H groups in total. The molecule has 1 saturated carbocycles. The predicted octanol–water partition coefficient (Wildman–Crippen LogP) is 4.47. The molecule has 0 amide bonds. The Morgan fingerprint density at radius 1 is 1.24 bits per heavy atom. The van der Waals surface area contributed by atoms with Crippen molar-refractivity contribution in [3.8, 4) is 0 Å². The van der Waals surface area contributed by atoms with Gasteiger partial charge in [0, 0.05) is 6.04 Å². The van der Waals surface area contributed by atoms with Crippen LogP contribution in [0.25, 0.3) is 0 Å². The van der Waals surface area contributed by atoms with Crippen molar-refractivity contribution in [3.05, 3.63) is 0 Å². The molecule has 0 aliphatic heterocycles. The molecule has 1 rings (SSSR count). The minimum absolute atomic E-state index is 0.766. The fourth-order valence-corrected chi connectivity index (χ4v) is 3.86. The van der Waals surface area contributed by atoms with Crippen LogP contribution in [0.3, 0.4) is 0 Å². The lowest BCUT2D eigenvalue weighted by atomic mass is 10.1. The molecular formula is C15H31NS. The summed E-state index contributed by atoms with van der Waals surface area (Å²) in [5.74, 6) is 3.86. The maximum absolute atomic E-state index is 3.64.